The molecule has 0 fully saturated rings. The third-order valence-electron chi connectivity index (χ3n) is 3.63. The molecule has 0 aliphatic carbocycles. The zero-order chi connectivity index (χ0) is 18.4. The van der Waals surface area contributed by atoms with Crippen molar-refractivity contribution < 1.29 is 19.1 Å². The van der Waals surface area contributed by atoms with Crippen LogP contribution in [0.1, 0.15) is 15.2 Å². The molecular weight excluding hydrogens is 340 g/mol. The van der Waals surface area contributed by atoms with E-state index >= 15 is 0 Å². The molecule has 0 unspecified atom stereocenters. The summed E-state index contributed by atoms with van der Waals surface area (Å²) in [5.74, 6) is -1.28. The summed E-state index contributed by atoms with van der Waals surface area (Å²) >= 11 is 1.27. The van der Waals surface area contributed by atoms with Crippen LogP contribution in [0.15, 0.2) is 35.7 Å². The predicted molar refractivity (Wildman–Crippen MR) is 96.5 cm³/mol. The van der Waals surface area contributed by atoms with Gasteiger partial charge < -0.3 is 15.0 Å². The Kier molecular flexibility index (Phi) is 6.30. The second-order valence-electron chi connectivity index (χ2n) is 5.53. The number of amides is 2. The normalized spacial score (nSPS) is 10.2. The van der Waals surface area contributed by atoms with E-state index in [1.54, 1.807) is 0 Å². The Morgan fingerprint density at radius 2 is 1.84 bits per heavy atom. The van der Waals surface area contributed by atoms with Crippen molar-refractivity contribution in [2.45, 2.75) is 6.92 Å². The molecule has 6 nitrogen and oxygen atoms in total. The molecule has 0 saturated carbocycles. The fourth-order valence-corrected chi connectivity index (χ4v) is 2.92. The first-order valence-electron chi connectivity index (χ1n) is 7.68. The average molecular weight is 360 g/mol. The molecule has 2 amide bonds. The van der Waals surface area contributed by atoms with E-state index in [9.17, 15) is 14.4 Å². The summed E-state index contributed by atoms with van der Waals surface area (Å²) < 4.78 is 5.12. The highest BCUT2D eigenvalue weighted by Crippen LogP contribution is 2.29. The topological polar surface area (TPSA) is 75.7 Å². The van der Waals surface area contributed by atoms with Crippen molar-refractivity contribution in [1.29, 1.82) is 0 Å². The van der Waals surface area contributed by atoms with Crippen molar-refractivity contribution in [3.05, 3.63) is 46.2 Å². The number of nitrogens with zero attached hydrogens (tertiary/aromatic N) is 1. The summed E-state index contributed by atoms with van der Waals surface area (Å²) in [6, 6.07) is 9.68. The molecule has 1 N–H and O–H groups in total. The number of thiophene rings is 1. The Hall–Kier alpha value is -2.67. The van der Waals surface area contributed by atoms with Crippen LogP contribution in [0.2, 0.25) is 0 Å². The van der Waals surface area contributed by atoms with Gasteiger partial charge >= 0.3 is 5.97 Å². The fraction of sp³-hybridized carbons (Fsp3) is 0.278. The average Bonchev–Trinajstić information content (AvgIpc) is 3.09. The minimum absolute atomic E-state index is 0.0828. The van der Waals surface area contributed by atoms with Crippen molar-refractivity contribution >= 4 is 29.1 Å². The summed E-state index contributed by atoms with van der Waals surface area (Å²) in [5, 5.41) is 4.24. The maximum absolute atomic E-state index is 12.3. The Labute approximate surface area is 150 Å². The predicted octanol–water partition coefficient (Wildman–Crippen LogP) is 2.08. The molecule has 2 rings (SSSR count). The first-order chi connectivity index (χ1) is 11.9. The van der Waals surface area contributed by atoms with Gasteiger partial charge in [0.25, 0.3) is 5.91 Å². The lowest BCUT2D eigenvalue weighted by molar-refractivity contribution is -0.137. The van der Waals surface area contributed by atoms with Crippen LogP contribution in [0, 0.1) is 6.92 Å². The highest BCUT2D eigenvalue weighted by Gasteiger charge is 2.19. The molecule has 132 valence electrons. The zero-order valence-corrected chi connectivity index (χ0v) is 15.2. The van der Waals surface area contributed by atoms with E-state index in [0.717, 1.165) is 16.7 Å². The number of likely N-dealkylation sites (N-methyl/N-ethyl adjacent to an activating group) is 2. The number of aryl methyl sites for hydroxylation is 1. The number of nitrogens with one attached hydrogen (secondary N) is 1. The lowest BCUT2D eigenvalue weighted by Gasteiger charge is -2.15. The highest BCUT2D eigenvalue weighted by atomic mass is 32.1. The Morgan fingerprint density at radius 3 is 2.48 bits per heavy atom. The van der Waals surface area contributed by atoms with E-state index in [0.29, 0.717) is 4.88 Å². The van der Waals surface area contributed by atoms with Crippen LogP contribution in [0.3, 0.4) is 0 Å². The molecule has 0 atom stereocenters. The quantitative estimate of drug-likeness (QED) is 0.801. The van der Waals surface area contributed by atoms with E-state index in [-0.39, 0.29) is 12.5 Å². The Balaban J connectivity index is 2.00. The van der Waals surface area contributed by atoms with Crippen molar-refractivity contribution in [2.24, 2.45) is 0 Å². The maximum atomic E-state index is 12.3. The fourth-order valence-electron chi connectivity index (χ4n) is 2.11. The molecule has 0 saturated heterocycles. The molecule has 7 heteroatoms. The third-order valence-corrected chi connectivity index (χ3v) is 4.52. The number of rotatable bonds is 6. The van der Waals surface area contributed by atoms with E-state index in [1.165, 1.54) is 30.3 Å². The first kappa shape index (κ1) is 18.7. The second kappa shape index (κ2) is 8.43. The molecule has 2 aromatic rings. The van der Waals surface area contributed by atoms with Crippen LogP contribution in [0.25, 0.3) is 11.1 Å². The third kappa shape index (κ3) is 4.90. The van der Waals surface area contributed by atoms with Gasteiger partial charge in [0.2, 0.25) is 5.91 Å². The summed E-state index contributed by atoms with van der Waals surface area (Å²) in [6.07, 6.45) is 0. The number of benzene rings is 1. The molecule has 1 aromatic heterocycles. The van der Waals surface area contributed by atoms with E-state index in [4.69, 9.17) is 4.74 Å². The summed E-state index contributed by atoms with van der Waals surface area (Å²) in [4.78, 5) is 37.2. The van der Waals surface area contributed by atoms with E-state index < -0.39 is 18.5 Å². The van der Waals surface area contributed by atoms with Crippen molar-refractivity contribution in [1.82, 2.24) is 10.2 Å². The van der Waals surface area contributed by atoms with Crippen LogP contribution in [0.5, 0.6) is 0 Å². The summed E-state index contributed by atoms with van der Waals surface area (Å²) in [6.45, 7) is 1.51. The van der Waals surface area contributed by atoms with Gasteiger partial charge in [-0.3, -0.25) is 9.59 Å². The summed E-state index contributed by atoms with van der Waals surface area (Å²) in [5.41, 5.74) is 2.83. The molecule has 1 heterocycles. The van der Waals surface area contributed by atoms with Gasteiger partial charge in [-0.25, -0.2) is 4.79 Å². The van der Waals surface area contributed by atoms with Gasteiger partial charge in [-0.2, -0.15) is 0 Å². The zero-order valence-electron chi connectivity index (χ0n) is 14.4. The number of carbonyl (C=O) groups is 3. The smallest absolute Gasteiger partial charge is 0.349 e. The minimum Gasteiger partial charge on any atom is -0.451 e. The largest absolute Gasteiger partial charge is 0.451 e. The van der Waals surface area contributed by atoms with Crippen molar-refractivity contribution in [2.75, 3.05) is 27.2 Å². The van der Waals surface area contributed by atoms with E-state index in [2.05, 4.69) is 5.32 Å². The number of esters is 1. The molecule has 0 aliphatic heterocycles. The van der Waals surface area contributed by atoms with Crippen LogP contribution >= 0.6 is 11.3 Å². The molecule has 0 spiro atoms. The van der Waals surface area contributed by atoms with Gasteiger partial charge in [-0.15, -0.1) is 11.3 Å². The van der Waals surface area contributed by atoms with Crippen molar-refractivity contribution in [3.63, 3.8) is 0 Å². The van der Waals surface area contributed by atoms with Crippen LogP contribution in [0.4, 0.5) is 0 Å². The van der Waals surface area contributed by atoms with Gasteiger partial charge in [0.15, 0.2) is 6.61 Å². The number of hydrogen-bond acceptors (Lipinski definition) is 5. The minimum atomic E-state index is -0.549. The van der Waals surface area contributed by atoms with Gasteiger partial charge in [0.05, 0.1) is 6.54 Å². The highest BCUT2D eigenvalue weighted by molar-refractivity contribution is 7.12. The first-order valence-corrected chi connectivity index (χ1v) is 8.56. The van der Waals surface area contributed by atoms with Gasteiger partial charge in [0, 0.05) is 19.7 Å². The molecule has 25 heavy (non-hydrogen) atoms. The summed E-state index contributed by atoms with van der Waals surface area (Å²) in [7, 11) is 2.97. The lowest BCUT2D eigenvalue weighted by atomic mass is 10.1. The standard InChI is InChI=1S/C18H20N2O4S/c1-12-4-6-13(7-5-12)14-8-9-25-17(14)18(23)24-11-16(22)20(3)10-15(21)19-2/h4-9H,10-11H2,1-3H3,(H,19,21). The van der Waals surface area contributed by atoms with Gasteiger partial charge in [-0.05, 0) is 23.9 Å². The Bertz CT molecular complexity index is 768. The maximum Gasteiger partial charge on any atom is 0.349 e. The molecule has 0 bridgehead atoms. The Morgan fingerprint density at radius 1 is 1.16 bits per heavy atom. The monoisotopic (exact) mass is 360 g/mol. The number of ether oxygens (including phenoxy) is 1. The number of carbonyl (C=O) groups excluding carboxylic acids is 3. The second-order valence-corrected chi connectivity index (χ2v) is 6.44. The van der Waals surface area contributed by atoms with Crippen LogP contribution in [-0.2, 0) is 14.3 Å². The SMILES string of the molecule is CNC(=O)CN(C)C(=O)COC(=O)c1sccc1-c1ccc(C)cc1. The van der Waals surface area contributed by atoms with Gasteiger partial charge in [-0.1, -0.05) is 29.8 Å². The van der Waals surface area contributed by atoms with Crippen LogP contribution in [-0.4, -0.2) is 49.9 Å². The number of hydrogen-bond donors (Lipinski definition) is 1. The molecular formula is C18H20N2O4S. The van der Waals surface area contributed by atoms with Crippen molar-refractivity contribution in [3.8, 4) is 11.1 Å². The molecule has 0 aliphatic rings. The molecule has 0 radical (unpaired) electrons. The van der Waals surface area contributed by atoms with Crippen LogP contribution < -0.4 is 5.32 Å². The van der Waals surface area contributed by atoms with E-state index in [1.807, 2.05) is 42.6 Å². The molecule has 1 aromatic carbocycles. The lowest BCUT2D eigenvalue weighted by Crippen LogP contribution is -2.39. The van der Waals surface area contributed by atoms with Gasteiger partial charge in [0.1, 0.15) is 4.88 Å².